The van der Waals surface area contributed by atoms with Crippen molar-refractivity contribution in [1.29, 1.82) is 0 Å². The molecule has 4 N–H and O–H groups in total. The number of pyridine rings is 1. The van der Waals surface area contributed by atoms with E-state index in [1.54, 1.807) is 36.7 Å². The van der Waals surface area contributed by atoms with Gasteiger partial charge in [0.05, 0.1) is 27.3 Å². The number of carbonyl (C=O) groups excluding carboxylic acids is 1. The van der Waals surface area contributed by atoms with Gasteiger partial charge in [-0.1, -0.05) is 61.6 Å². The number of aromatic nitrogens is 2. The Labute approximate surface area is 237 Å². The van der Waals surface area contributed by atoms with Crippen molar-refractivity contribution >= 4 is 42.8 Å². The zero-order valence-electron chi connectivity index (χ0n) is 22.3. The van der Waals surface area contributed by atoms with Crippen LogP contribution in [0.4, 0.5) is 9.93 Å². The molecular weight excluding hydrogens is 550 g/mol. The number of alkyl carbamates (subject to hydrolysis) is 1. The zero-order valence-corrected chi connectivity index (χ0v) is 23.9. The number of anilines is 1. The van der Waals surface area contributed by atoms with E-state index in [9.17, 15) is 18.3 Å². The number of aliphatic hydroxyl groups is 1. The molecule has 4 aromatic rings. The van der Waals surface area contributed by atoms with Crippen LogP contribution in [0, 0.1) is 5.92 Å². The van der Waals surface area contributed by atoms with E-state index in [1.165, 1.54) is 21.7 Å². The number of fused-ring (bicyclic) bond motifs is 1. The second-order valence-corrected chi connectivity index (χ2v) is 12.8. The summed E-state index contributed by atoms with van der Waals surface area (Å²) in [5.74, 6) is -0.0188. The molecule has 40 heavy (non-hydrogen) atoms. The van der Waals surface area contributed by atoms with Gasteiger partial charge >= 0.3 is 6.09 Å². The van der Waals surface area contributed by atoms with Crippen molar-refractivity contribution in [2.75, 3.05) is 18.8 Å². The molecule has 2 aromatic carbocycles. The zero-order chi connectivity index (χ0) is 28.7. The summed E-state index contributed by atoms with van der Waals surface area (Å²) in [6, 6.07) is 16.7. The highest BCUT2D eigenvalue weighted by atomic mass is 32.2. The Morgan fingerprint density at radius 3 is 2.55 bits per heavy atom. The topological polar surface area (TPSA) is 148 Å². The van der Waals surface area contributed by atoms with Crippen LogP contribution in [0.1, 0.15) is 25.0 Å². The van der Waals surface area contributed by atoms with Gasteiger partial charge in [0.2, 0.25) is 10.0 Å². The van der Waals surface area contributed by atoms with Crippen LogP contribution < -0.4 is 11.1 Å². The maximum absolute atomic E-state index is 13.8. The second-order valence-electron chi connectivity index (χ2n) is 9.84. The Morgan fingerprint density at radius 2 is 1.85 bits per heavy atom. The normalized spacial score (nSPS) is 13.4. The molecule has 4 rings (SSSR count). The van der Waals surface area contributed by atoms with Crippen LogP contribution in [0.25, 0.3) is 10.2 Å². The predicted molar refractivity (Wildman–Crippen MR) is 155 cm³/mol. The minimum Gasteiger partial charge on any atom is -0.445 e. The SMILES string of the molecule is CC(C)CN(CC(O)C(Cc1ccccc1)NC(=O)OCc1cccnc1)S(=O)(=O)c1ccc2nc(N)sc2c1. The van der Waals surface area contributed by atoms with Gasteiger partial charge < -0.3 is 20.9 Å². The predicted octanol–water partition coefficient (Wildman–Crippen LogP) is 3.82. The van der Waals surface area contributed by atoms with E-state index in [0.29, 0.717) is 20.9 Å². The first-order chi connectivity index (χ1) is 19.1. The van der Waals surface area contributed by atoms with E-state index in [0.717, 1.165) is 5.56 Å². The number of hydrogen-bond donors (Lipinski definition) is 3. The molecule has 12 heteroatoms. The number of amides is 1. The number of nitrogen functional groups attached to an aromatic ring is 1. The van der Waals surface area contributed by atoms with Crippen LogP contribution in [0.15, 0.2) is 78.0 Å². The Balaban J connectivity index is 1.55. The third-order valence-electron chi connectivity index (χ3n) is 6.13. The lowest BCUT2D eigenvalue weighted by Crippen LogP contribution is -2.51. The first-order valence-electron chi connectivity index (χ1n) is 12.8. The summed E-state index contributed by atoms with van der Waals surface area (Å²) in [4.78, 5) is 21.0. The van der Waals surface area contributed by atoms with Gasteiger partial charge in [-0.2, -0.15) is 4.31 Å². The van der Waals surface area contributed by atoms with Crippen LogP contribution in [-0.4, -0.2) is 59.1 Å². The Hall–Kier alpha value is -3.58. The molecule has 0 spiro atoms. The molecular formula is C28H33N5O5S2. The van der Waals surface area contributed by atoms with E-state index < -0.39 is 28.3 Å². The molecule has 212 valence electrons. The van der Waals surface area contributed by atoms with Crippen molar-refractivity contribution in [3.05, 3.63) is 84.2 Å². The fraction of sp³-hybridized carbons (Fsp3) is 0.321. The lowest BCUT2D eigenvalue weighted by Gasteiger charge is -2.30. The molecule has 0 bridgehead atoms. The minimum absolute atomic E-state index is 0.00620. The number of nitrogens with two attached hydrogens (primary N) is 1. The Morgan fingerprint density at radius 1 is 1.10 bits per heavy atom. The van der Waals surface area contributed by atoms with Gasteiger partial charge in [-0.15, -0.1) is 0 Å². The molecule has 10 nitrogen and oxygen atoms in total. The largest absolute Gasteiger partial charge is 0.445 e. The number of sulfonamides is 1. The number of benzene rings is 2. The lowest BCUT2D eigenvalue weighted by atomic mass is 10.0. The van der Waals surface area contributed by atoms with Gasteiger partial charge in [0.15, 0.2) is 5.13 Å². The monoisotopic (exact) mass is 583 g/mol. The Bertz CT molecular complexity index is 1510. The van der Waals surface area contributed by atoms with Gasteiger partial charge in [-0.3, -0.25) is 4.98 Å². The standard InChI is InChI=1S/C28H33N5O5S2/c1-19(2)16-33(40(36,37)22-10-11-23-26(14-22)39-27(29)31-23)17-25(34)24(13-20-7-4-3-5-8-20)32-28(35)38-18-21-9-6-12-30-15-21/h3-12,14-15,19,24-25,34H,13,16-18H2,1-2H3,(H2,29,31)(H,32,35). The van der Waals surface area contributed by atoms with Crippen LogP contribution in [-0.2, 0) is 27.8 Å². The van der Waals surface area contributed by atoms with Crippen LogP contribution >= 0.6 is 11.3 Å². The molecule has 2 atom stereocenters. The van der Waals surface area contributed by atoms with E-state index in [4.69, 9.17) is 10.5 Å². The van der Waals surface area contributed by atoms with Gasteiger partial charge in [0.1, 0.15) is 6.61 Å². The van der Waals surface area contributed by atoms with Gasteiger partial charge in [-0.05, 0) is 42.2 Å². The highest BCUT2D eigenvalue weighted by Gasteiger charge is 2.32. The molecule has 2 heterocycles. The van der Waals surface area contributed by atoms with Crippen molar-refractivity contribution in [2.24, 2.45) is 5.92 Å². The maximum Gasteiger partial charge on any atom is 0.407 e. The molecule has 2 unspecified atom stereocenters. The third-order valence-corrected chi connectivity index (χ3v) is 8.81. The molecule has 2 aromatic heterocycles. The average molecular weight is 584 g/mol. The number of thiazole rings is 1. The smallest absolute Gasteiger partial charge is 0.407 e. The molecule has 0 saturated carbocycles. The molecule has 1 amide bonds. The summed E-state index contributed by atoms with van der Waals surface area (Å²) < 4.78 is 34.8. The van der Waals surface area contributed by atoms with Gasteiger partial charge in [0.25, 0.3) is 0 Å². The highest BCUT2D eigenvalue weighted by molar-refractivity contribution is 7.89. The quantitative estimate of drug-likeness (QED) is 0.228. The fourth-order valence-corrected chi connectivity index (χ4v) is 6.72. The molecule has 0 saturated heterocycles. The van der Waals surface area contributed by atoms with E-state index in [-0.39, 0.29) is 36.9 Å². The van der Waals surface area contributed by atoms with E-state index >= 15 is 0 Å². The first kappa shape index (κ1) is 29.4. The van der Waals surface area contributed by atoms with Gasteiger partial charge in [0, 0.05) is 31.0 Å². The maximum atomic E-state index is 13.8. The van der Waals surface area contributed by atoms with E-state index in [2.05, 4.69) is 15.3 Å². The number of carbonyl (C=O) groups is 1. The second kappa shape index (κ2) is 13.2. The van der Waals surface area contributed by atoms with Crippen LogP contribution in [0.2, 0.25) is 0 Å². The number of nitrogens with one attached hydrogen (secondary N) is 1. The number of hydrogen-bond acceptors (Lipinski definition) is 9. The molecule has 0 aliphatic carbocycles. The van der Waals surface area contributed by atoms with Crippen molar-refractivity contribution in [3.63, 3.8) is 0 Å². The van der Waals surface area contributed by atoms with Gasteiger partial charge in [-0.25, -0.2) is 18.2 Å². The fourth-order valence-electron chi connectivity index (χ4n) is 4.22. The molecule has 0 aliphatic rings. The summed E-state index contributed by atoms with van der Waals surface area (Å²) in [6.07, 6.45) is 1.53. The van der Waals surface area contributed by atoms with Crippen molar-refractivity contribution in [2.45, 2.75) is 43.9 Å². The molecule has 0 aliphatic heterocycles. The van der Waals surface area contributed by atoms with Crippen molar-refractivity contribution in [1.82, 2.24) is 19.6 Å². The first-order valence-corrected chi connectivity index (χ1v) is 15.1. The summed E-state index contributed by atoms with van der Waals surface area (Å²) in [5, 5.41) is 14.5. The highest BCUT2D eigenvalue weighted by Crippen LogP contribution is 2.28. The summed E-state index contributed by atoms with van der Waals surface area (Å²) in [7, 11) is -3.99. The van der Waals surface area contributed by atoms with Crippen molar-refractivity contribution < 1.29 is 23.1 Å². The summed E-state index contributed by atoms with van der Waals surface area (Å²) >= 11 is 1.21. The third kappa shape index (κ3) is 7.75. The lowest BCUT2D eigenvalue weighted by molar-refractivity contribution is 0.0873. The summed E-state index contributed by atoms with van der Waals surface area (Å²) in [5.41, 5.74) is 8.00. The average Bonchev–Trinajstić information content (AvgIpc) is 3.31. The number of ether oxygens (including phenoxy) is 1. The number of rotatable bonds is 12. The number of nitrogens with zero attached hydrogens (tertiary/aromatic N) is 3. The molecule has 0 radical (unpaired) electrons. The van der Waals surface area contributed by atoms with Crippen LogP contribution in [0.5, 0.6) is 0 Å². The Kier molecular flexibility index (Phi) is 9.69. The van der Waals surface area contributed by atoms with E-state index in [1.807, 2.05) is 44.2 Å². The number of aliphatic hydroxyl groups excluding tert-OH is 1. The summed E-state index contributed by atoms with van der Waals surface area (Å²) in [6.45, 7) is 3.75. The minimum atomic E-state index is -3.99. The van der Waals surface area contributed by atoms with Crippen molar-refractivity contribution in [3.8, 4) is 0 Å². The molecule has 0 fully saturated rings. The van der Waals surface area contributed by atoms with Crippen LogP contribution in [0.3, 0.4) is 0 Å².